The Kier molecular flexibility index (Phi) is 4.62. The molecule has 2 aromatic carbocycles. The van der Waals surface area contributed by atoms with E-state index in [1.54, 1.807) is 22.7 Å². The van der Waals surface area contributed by atoms with E-state index in [9.17, 15) is 4.79 Å². The summed E-state index contributed by atoms with van der Waals surface area (Å²) in [7, 11) is 1.80. The SMILES string of the molecule is Cc1ccc(CN(C)C(=O)c2c[nH]c(=S)n2-c2ccccc2)cc1. The first-order chi connectivity index (χ1) is 11.6. The van der Waals surface area contributed by atoms with E-state index in [1.165, 1.54) is 5.56 Å². The standard InChI is InChI=1S/C19H19N3OS/c1-14-8-10-15(11-9-14)13-21(2)18(23)17-12-20-19(24)22(17)16-6-4-3-5-7-16/h3-12H,13H2,1-2H3,(H,20,24). The molecule has 122 valence electrons. The predicted octanol–water partition coefficient (Wildman–Crippen LogP) is 4.12. The van der Waals surface area contributed by atoms with Gasteiger partial charge in [0.25, 0.3) is 5.91 Å². The predicted molar refractivity (Wildman–Crippen MR) is 97.9 cm³/mol. The number of carbonyl (C=O) groups is 1. The second-order valence-electron chi connectivity index (χ2n) is 5.80. The molecule has 3 aromatic rings. The summed E-state index contributed by atoms with van der Waals surface area (Å²) in [6.45, 7) is 2.60. The number of H-pyrrole nitrogens is 1. The van der Waals surface area contributed by atoms with E-state index in [2.05, 4.69) is 17.1 Å². The highest BCUT2D eigenvalue weighted by atomic mass is 32.1. The van der Waals surface area contributed by atoms with Crippen molar-refractivity contribution >= 4 is 18.1 Å². The van der Waals surface area contributed by atoms with Crippen LogP contribution in [-0.4, -0.2) is 27.4 Å². The minimum atomic E-state index is -0.0771. The summed E-state index contributed by atoms with van der Waals surface area (Å²) >= 11 is 5.34. The summed E-state index contributed by atoms with van der Waals surface area (Å²) in [4.78, 5) is 17.5. The minimum absolute atomic E-state index is 0.0771. The molecular weight excluding hydrogens is 318 g/mol. The Bertz CT molecular complexity index is 894. The third-order valence-electron chi connectivity index (χ3n) is 3.90. The van der Waals surface area contributed by atoms with Crippen molar-refractivity contribution in [3.8, 4) is 5.69 Å². The largest absolute Gasteiger partial charge is 0.336 e. The van der Waals surface area contributed by atoms with Crippen LogP contribution < -0.4 is 0 Å². The number of aryl methyl sites for hydroxylation is 1. The molecule has 0 aliphatic heterocycles. The molecule has 0 spiro atoms. The van der Waals surface area contributed by atoms with Gasteiger partial charge >= 0.3 is 0 Å². The molecule has 0 fully saturated rings. The fourth-order valence-electron chi connectivity index (χ4n) is 2.59. The first kappa shape index (κ1) is 16.2. The maximum atomic E-state index is 12.9. The van der Waals surface area contributed by atoms with Crippen LogP contribution in [0.25, 0.3) is 5.69 Å². The van der Waals surface area contributed by atoms with Crippen molar-refractivity contribution in [2.45, 2.75) is 13.5 Å². The number of nitrogens with zero attached hydrogens (tertiary/aromatic N) is 2. The molecule has 3 rings (SSSR count). The molecule has 0 unspecified atom stereocenters. The number of aromatic nitrogens is 2. The fourth-order valence-corrected chi connectivity index (χ4v) is 2.86. The minimum Gasteiger partial charge on any atom is -0.336 e. The van der Waals surface area contributed by atoms with Gasteiger partial charge in [-0.1, -0.05) is 48.0 Å². The van der Waals surface area contributed by atoms with E-state index in [1.807, 2.05) is 49.4 Å². The van der Waals surface area contributed by atoms with E-state index in [-0.39, 0.29) is 5.91 Å². The maximum Gasteiger partial charge on any atom is 0.272 e. The van der Waals surface area contributed by atoms with Gasteiger partial charge in [0.2, 0.25) is 0 Å². The Morgan fingerprint density at radius 3 is 2.46 bits per heavy atom. The lowest BCUT2D eigenvalue weighted by Gasteiger charge is -2.18. The van der Waals surface area contributed by atoms with E-state index in [4.69, 9.17) is 12.2 Å². The van der Waals surface area contributed by atoms with Crippen LogP contribution >= 0.6 is 12.2 Å². The van der Waals surface area contributed by atoms with Crippen LogP contribution in [-0.2, 0) is 6.54 Å². The van der Waals surface area contributed by atoms with Crippen molar-refractivity contribution in [2.75, 3.05) is 7.05 Å². The average molecular weight is 337 g/mol. The molecule has 1 N–H and O–H groups in total. The molecule has 0 saturated carbocycles. The van der Waals surface area contributed by atoms with Crippen LogP contribution in [0.3, 0.4) is 0 Å². The van der Waals surface area contributed by atoms with Gasteiger partial charge < -0.3 is 9.88 Å². The number of hydrogen-bond donors (Lipinski definition) is 1. The lowest BCUT2D eigenvalue weighted by molar-refractivity contribution is 0.0777. The average Bonchev–Trinajstić information content (AvgIpc) is 2.98. The van der Waals surface area contributed by atoms with Gasteiger partial charge in [0.1, 0.15) is 5.69 Å². The Morgan fingerprint density at radius 2 is 1.79 bits per heavy atom. The molecule has 1 amide bonds. The summed E-state index contributed by atoms with van der Waals surface area (Å²) in [6.07, 6.45) is 1.67. The van der Waals surface area contributed by atoms with Gasteiger partial charge in [-0.05, 0) is 36.8 Å². The normalized spacial score (nSPS) is 10.6. The van der Waals surface area contributed by atoms with Gasteiger partial charge in [-0.25, -0.2) is 0 Å². The van der Waals surface area contributed by atoms with Crippen molar-refractivity contribution < 1.29 is 4.79 Å². The van der Waals surface area contributed by atoms with E-state index >= 15 is 0 Å². The van der Waals surface area contributed by atoms with E-state index in [0.29, 0.717) is 17.0 Å². The van der Waals surface area contributed by atoms with Crippen molar-refractivity contribution in [3.05, 3.63) is 82.4 Å². The lowest BCUT2D eigenvalue weighted by atomic mass is 10.1. The highest BCUT2D eigenvalue weighted by molar-refractivity contribution is 7.71. The molecule has 5 heteroatoms. The Hall–Kier alpha value is -2.66. The van der Waals surface area contributed by atoms with Crippen molar-refractivity contribution in [3.63, 3.8) is 0 Å². The first-order valence-electron chi connectivity index (χ1n) is 7.73. The number of carbonyl (C=O) groups excluding carboxylic acids is 1. The molecule has 0 atom stereocenters. The van der Waals surface area contributed by atoms with Crippen molar-refractivity contribution in [1.29, 1.82) is 0 Å². The number of rotatable bonds is 4. The van der Waals surface area contributed by atoms with E-state index < -0.39 is 0 Å². The summed E-state index contributed by atoms with van der Waals surface area (Å²) in [6, 6.07) is 17.8. The zero-order valence-electron chi connectivity index (χ0n) is 13.7. The van der Waals surface area contributed by atoms with Gasteiger partial charge in [-0.3, -0.25) is 9.36 Å². The van der Waals surface area contributed by atoms with Crippen LogP contribution in [0.2, 0.25) is 0 Å². The van der Waals surface area contributed by atoms with Crippen LogP contribution in [0.15, 0.2) is 60.8 Å². The van der Waals surface area contributed by atoms with Crippen LogP contribution in [0, 0.1) is 11.7 Å². The van der Waals surface area contributed by atoms with Gasteiger partial charge in [0.15, 0.2) is 4.77 Å². The van der Waals surface area contributed by atoms with E-state index in [0.717, 1.165) is 11.3 Å². The number of para-hydroxylation sites is 1. The maximum absolute atomic E-state index is 12.9. The summed E-state index contributed by atoms with van der Waals surface area (Å²) in [5.41, 5.74) is 3.70. The number of aromatic amines is 1. The highest BCUT2D eigenvalue weighted by Crippen LogP contribution is 2.15. The quantitative estimate of drug-likeness (QED) is 0.728. The molecule has 0 aliphatic rings. The monoisotopic (exact) mass is 337 g/mol. The first-order valence-corrected chi connectivity index (χ1v) is 8.14. The van der Waals surface area contributed by atoms with Gasteiger partial charge in [0, 0.05) is 25.5 Å². The molecule has 1 heterocycles. The highest BCUT2D eigenvalue weighted by Gasteiger charge is 2.18. The van der Waals surface area contributed by atoms with Crippen LogP contribution in [0.4, 0.5) is 0 Å². The molecule has 0 bridgehead atoms. The summed E-state index contributed by atoms with van der Waals surface area (Å²) in [5, 5.41) is 0. The molecule has 1 aromatic heterocycles. The molecule has 4 nitrogen and oxygen atoms in total. The number of hydrogen-bond acceptors (Lipinski definition) is 2. The topological polar surface area (TPSA) is 41.0 Å². The number of imidazole rings is 1. The third-order valence-corrected chi connectivity index (χ3v) is 4.20. The second kappa shape index (κ2) is 6.84. The zero-order chi connectivity index (χ0) is 17.1. The zero-order valence-corrected chi connectivity index (χ0v) is 14.5. The van der Waals surface area contributed by atoms with Gasteiger partial charge in [0.05, 0.1) is 0 Å². The molecule has 24 heavy (non-hydrogen) atoms. The number of amides is 1. The number of benzene rings is 2. The Balaban J connectivity index is 1.88. The Morgan fingerprint density at radius 1 is 1.12 bits per heavy atom. The fraction of sp³-hybridized carbons (Fsp3) is 0.158. The number of nitrogens with one attached hydrogen (secondary N) is 1. The Labute approximate surface area is 146 Å². The lowest BCUT2D eigenvalue weighted by Crippen LogP contribution is -2.28. The van der Waals surface area contributed by atoms with Gasteiger partial charge in [-0.15, -0.1) is 0 Å². The summed E-state index contributed by atoms with van der Waals surface area (Å²) < 4.78 is 2.27. The second-order valence-corrected chi connectivity index (χ2v) is 6.18. The summed E-state index contributed by atoms with van der Waals surface area (Å²) in [5.74, 6) is -0.0771. The van der Waals surface area contributed by atoms with Crippen LogP contribution in [0.5, 0.6) is 0 Å². The van der Waals surface area contributed by atoms with Crippen LogP contribution in [0.1, 0.15) is 21.6 Å². The van der Waals surface area contributed by atoms with Crippen molar-refractivity contribution in [1.82, 2.24) is 14.5 Å². The molecule has 0 aliphatic carbocycles. The molecular formula is C19H19N3OS. The molecule has 0 saturated heterocycles. The third kappa shape index (κ3) is 3.31. The van der Waals surface area contributed by atoms with Gasteiger partial charge in [-0.2, -0.15) is 0 Å². The molecule has 0 radical (unpaired) electrons. The smallest absolute Gasteiger partial charge is 0.272 e. The van der Waals surface area contributed by atoms with Crippen molar-refractivity contribution in [2.24, 2.45) is 0 Å².